The highest BCUT2D eigenvalue weighted by Gasteiger charge is 2.21. The van der Waals surface area contributed by atoms with Gasteiger partial charge in [-0.2, -0.15) is 0 Å². The van der Waals surface area contributed by atoms with Crippen molar-refractivity contribution in [3.05, 3.63) is 59.4 Å². The summed E-state index contributed by atoms with van der Waals surface area (Å²) in [4.78, 5) is 4.28. The van der Waals surface area contributed by atoms with Crippen molar-refractivity contribution in [1.82, 2.24) is 10.3 Å². The number of aromatic nitrogens is 1. The second kappa shape index (κ2) is 6.72. The van der Waals surface area contributed by atoms with Crippen molar-refractivity contribution in [2.24, 2.45) is 0 Å². The molecular formula is C18H22N2O. The number of benzene rings is 1. The largest absolute Gasteiger partial charge is 0.487 e. The summed E-state index contributed by atoms with van der Waals surface area (Å²) in [6.07, 6.45) is 5.30. The molecule has 0 aliphatic heterocycles. The van der Waals surface area contributed by atoms with Gasteiger partial charge in [-0.05, 0) is 61.2 Å². The number of rotatable bonds is 6. The fraction of sp³-hybridized carbons (Fsp3) is 0.389. The third-order valence-electron chi connectivity index (χ3n) is 3.95. The van der Waals surface area contributed by atoms with Crippen LogP contribution in [-0.4, -0.2) is 11.5 Å². The minimum Gasteiger partial charge on any atom is -0.487 e. The molecule has 1 aliphatic carbocycles. The molecule has 21 heavy (non-hydrogen) atoms. The van der Waals surface area contributed by atoms with Crippen molar-refractivity contribution in [1.29, 1.82) is 0 Å². The van der Waals surface area contributed by atoms with E-state index in [1.807, 2.05) is 18.2 Å². The number of nitrogens with zero attached hydrogens (tertiary/aromatic N) is 1. The maximum Gasteiger partial charge on any atom is 0.130 e. The number of aryl methyl sites for hydroxylation is 1. The van der Waals surface area contributed by atoms with Crippen LogP contribution >= 0.6 is 0 Å². The first-order valence-corrected chi connectivity index (χ1v) is 7.75. The van der Waals surface area contributed by atoms with Crippen molar-refractivity contribution in [2.75, 3.05) is 6.54 Å². The van der Waals surface area contributed by atoms with Crippen LogP contribution in [-0.2, 0) is 13.0 Å². The van der Waals surface area contributed by atoms with E-state index in [1.54, 1.807) is 6.20 Å². The van der Waals surface area contributed by atoms with Crippen LogP contribution in [0.4, 0.5) is 0 Å². The van der Waals surface area contributed by atoms with E-state index in [9.17, 15) is 0 Å². The van der Waals surface area contributed by atoms with Gasteiger partial charge in [0.15, 0.2) is 0 Å². The summed E-state index contributed by atoms with van der Waals surface area (Å²) in [5.74, 6) is 0.940. The molecule has 1 aliphatic rings. The lowest BCUT2D eigenvalue weighted by Gasteiger charge is -2.14. The van der Waals surface area contributed by atoms with Crippen LogP contribution in [0.1, 0.15) is 42.6 Å². The van der Waals surface area contributed by atoms with Gasteiger partial charge >= 0.3 is 0 Å². The first-order valence-electron chi connectivity index (χ1n) is 7.75. The Morgan fingerprint density at radius 1 is 1.29 bits per heavy atom. The maximum absolute atomic E-state index is 5.85. The summed E-state index contributed by atoms with van der Waals surface area (Å²) in [6, 6.07) is 12.9. The molecule has 1 atom stereocenters. The Hall–Kier alpha value is -1.87. The predicted octanol–water partition coefficient (Wildman–Crippen LogP) is 3.65. The Morgan fingerprint density at radius 3 is 3.05 bits per heavy atom. The molecule has 0 amide bonds. The molecule has 0 saturated carbocycles. The van der Waals surface area contributed by atoms with E-state index in [-0.39, 0.29) is 0 Å². The number of nitrogens with one attached hydrogen (secondary N) is 1. The van der Waals surface area contributed by atoms with Crippen LogP contribution < -0.4 is 10.1 Å². The Kier molecular flexibility index (Phi) is 4.51. The van der Waals surface area contributed by atoms with Gasteiger partial charge in [0.05, 0.1) is 5.69 Å². The van der Waals surface area contributed by atoms with E-state index in [2.05, 4.69) is 35.4 Å². The van der Waals surface area contributed by atoms with Crippen LogP contribution in [0.2, 0.25) is 0 Å². The fourth-order valence-corrected chi connectivity index (χ4v) is 2.86. The van der Waals surface area contributed by atoms with E-state index in [0.717, 1.165) is 24.4 Å². The third kappa shape index (κ3) is 3.42. The van der Waals surface area contributed by atoms with E-state index in [0.29, 0.717) is 12.6 Å². The van der Waals surface area contributed by atoms with Crippen LogP contribution in [0.15, 0.2) is 42.6 Å². The van der Waals surface area contributed by atoms with Gasteiger partial charge in [0.25, 0.3) is 0 Å². The zero-order chi connectivity index (χ0) is 14.5. The van der Waals surface area contributed by atoms with E-state index < -0.39 is 0 Å². The molecule has 0 radical (unpaired) electrons. The highest BCUT2D eigenvalue weighted by molar-refractivity contribution is 5.40. The second-order valence-electron chi connectivity index (χ2n) is 5.52. The standard InChI is InChI=1S/C18H22N2O/c1-2-10-20-18-9-6-14-12-16(7-8-17(14)18)21-13-15-5-3-4-11-19-15/h3-5,7-8,11-12,18,20H,2,6,9-10,13H2,1H3. The summed E-state index contributed by atoms with van der Waals surface area (Å²) < 4.78 is 5.85. The molecule has 1 aromatic carbocycles. The molecule has 0 saturated heterocycles. The van der Waals surface area contributed by atoms with Crippen molar-refractivity contribution in [3.8, 4) is 5.75 Å². The summed E-state index contributed by atoms with van der Waals surface area (Å²) in [6.45, 7) is 3.82. The molecule has 0 fully saturated rings. The van der Waals surface area contributed by atoms with Gasteiger partial charge in [-0.3, -0.25) is 4.98 Å². The SMILES string of the molecule is CCCNC1CCc2cc(OCc3ccccn3)ccc21. The molecule has 3 heteroatoms. The van der Waals surface area contributed by atoms with Crippen LogP contribution in [0.5, 0.6) is 5.75 Å². The van der Waals surface area contributed by atoms with Crippen LogP contribution in [0, 0.1) is 0 Å². The van der Waals surface area contributed by atoms with Gasteiger partial charge in [0.2, 0.25) is 0 Å². The highest BCUT2D eigenvalue weighted by atomic mass is 16.5. The second-order valence-corrected chi connectivity index (χ2v) is 5.52. The topological polar surface area (TPSA) is 34.1 Å². The molecule has 110 valence electrons. The van der Waals surface area contributed by atoms with Crippen molar-refractivity contribution in [3.63, 3.8) is 0 Å². The molecular weight excluding hydrogens is 260 g/mol. The van der Waals surface area contributed by atoms with E-state index in [1.165, 1.54) is 24.0 Å². The maximum atomic E-state index is 5.85. The van der Waals surface area contributed by atoms with Gasteiger partial charge in [-0.1, -0.05) is 19.1 Å². The first-order chi connectivity index (χ1) is 10.4. The Balaban J connectivity index is 1.64. The monoisotopic (exact) mass is 282 g/mol. The average molecular weight is 282 g/mol. The predicted molar refractivity (Wildman–Crippen MR) is 84.4 cm³/mol. The summed E-state index contributed by atoms with van der Waals surface area (Å²) in [5, 5.41) is 3.61. The molecule has 1 heterocycles. The van der Waals surface area contributed by atoms with Crippen molar-refractivity contribution in [2.45, 2.75) is 38.8 Å². The highest BCUT2D eigenvalue weighted by Crippen LogP contribution is 2.33. The average Bonchev–Trinajstić information content (AvgIpc) is 2.94. The normalized spacial score (nSPS) is 16.7. The Bertz CT molecular complexity index is 583. The summed E-state index contributed by atoms with van der Waals surface area (Å²) in [5.41, 5.74) is 3.82. The molecule has 1 N–H and O–H groups in total. The van der Waals surface area contributed by atoms with Gasteiger partial charge < -0.3 is 10.1 Å². The van der Waals surface area contributed by atoms with Gasteiger partial charge in [-0.15, -0.1) is 0 Å². The van der Waals surface area contributed by atoms with Crippen LogP contribution in [0.3, 0.4) is 0 Å². The zero-order valence-corrected chi connectivity index (χ0v) is 12.5. The number of fused-ring (bicyclic) bond motifs is 1. The number of pyridine rings is 1. The van der Waals surface area contributed by atoms with E-state index >= 15 is 0 Å². The summed E-state index contributed by atoms with van der Waals surface area (Å²) >= 11 is 0. The smallest absolute Gasteiger partial charge is 0.130 e. The van der Waals surface area contributed by atoms with Crippen LogP contribution in [0.25, 0.3) is 0 Å². The zero-order valence-electron chi connectivity index (χ0n) is 12.5. The molecule has 0 spiro atoms. The first kappa shape index (κ1) is 14.1. The fourth-order valence-electron chi connectivity index (χ4n) is 2.86. The molecule has 3 rings (SSSR count). The lowest BCUT2D eigenvalue weighted by Crippen LogP contribution is -2.19. The Labute approximate surface area is 126 Å². The summed E-state index contributed by atoms with van der Waals surface area (Å²) in [7, 11) is 0. The molecule has 3 nitrogen and oxygen atoms in total. The number of hydrogen-bond acceptors (Lipinski definition) is 3. The minimum absolute atomic E-state index is 0.518. The van der Waals surface area contributed by atoms with Gasteiger partial charge in [0.1, 0.15) is 12.4 Å². The van der Waals surface area contributed by atoms with Crippen molar-refractivity contribution >= 4 is 0 Å². The molecule has 1 aromatic heterocycles. The van der Waals surface area contributed by atoms with Gasteiger partial charge in [0, 0.05) is 12.2 Å². The molecule has 1 unspecified atom stereocenters. The third-order valence-corrected chi connectivity index (χ3v) is 3.95. The lowest BCUT2D eigenvalue weighted by atomic mass is 10.1. The lowest BCUT2D eigenvalue weighted by molar-refractivity contribution is 0.301. The number of hydrogen-bond donors (Lipinski definition) is 1. The van der Waals surface area contributed by atoms with Gasteiger partial charge in [-0.25, -0.2) is 0 Å². The van der Waals surface area contributed by atoms with Crippen molar-refractivity contribution < 1.29 is 4.74 Å². The minimum atomic E-state index is 0.518. The molecule has 2 aromatic rings. The Morgan fingerprint density at radius 2 is 2.24 bits per heavy atom. The molecule has 0 bridgehead atoms. The quantitative estimate of drug-likeness (QED) is 0.878. The number of ether oxygens (including phenoxy) is 1. The van der Waals surface area contributed by atoms with E-state index in [4.69, 9.17) is 4.74 Å².